The number of carbonyl (C=O) groups is 2. The normalized spacial score (nSPS) is 12.9. The Morgan fingerprint density at radius 3 is 2.41 bits per heavy atom. The zero-order valence-corrected chi connectivity index (χ0v) is 16.9. The van der Waals surface area contributed by atoms with Gasteiger partial charge in [0.25, 0.3) is 0 Å². The number of hydrogen-bond donors (Lipinski definition) is 1. The summed E-state index contributed by atoms with van der Waals surface area (Å²) in [7, 11) is 1.59. The molecule has 0 aliphatic carbocycles. The highest BCUT2D eigenvalue weighted by Gasteiger charge is 2.25. The molecule has 1 aromatic carbocycles. The van der Waals surface area contributed by atoms with Gasteiger partial charge in [0.1, 0.15) is 18.2 Å². The second kappa shape index (κ2) is 11.3. The number of hydrogen-bond acceptors (Lipinski definition) is 5. The van der Waals surface area contributed by atoms with E-state index in [0.717, 1.165) is 17.7 Å². The largest absolute Gasteiger partial charge is 0.501 e. The fourth-order valence-corrected chi connectivity index (χ4v) is 2.33. The smallest absolute Gasteiger partial charge is 0.408 e. The first-order chi connectivity index (χ1) is 12.7. The number of allylic oxidation sites excluding steroid dienone is 2. The van der Waals surface area contributed by atoms with Gasteiger partial charge in [-0.2, -0.15) is 0 Å². The molecule has 1 aromatic rings. The van der Waals surface area contributed by atoms with Gasteiger partial charge in [0.05, 0.1) is 12.9 Å². The van der Waals surface area contributed by atoms with Crippen molar-refractivity contribution in [3.05, 3.63) is 47.7 Å². The van der Waals surface area contributed by atoms with E-state index >= 15 is 0 Å². The van der Waals surface area contributed by atoms with E-state index in [2.05, 4.69) is 5.32 Å². The summed E-state index contributed by atoms with van der Waals surface area (Å²) in [6.45, 7) is 7.45. The number of amides is 1. The molecule has 0 unspecified atom stereocenters. The molecule has 6 nitrogen and oxygen atoms in total. The van der Waals surface area contributed by atoms with Crippen molar-refractivity contribution in [3.8, 4) is 0 Å². The number of rotatable bonds is 9. The van der Waals surface area contributed by atoms with Crippen molar-refractivity contribution in [1.82, 2.24) is 5.32 Å². The van der Waals surface area contributed by atoms with E-state index in [-0.39, 0.29) is 6.61 Å². The van der Waals surface area contributed by atoms with E-state index in [0.29, 0.717) is 12.8 Å². The molecule has 0 fully saturated rings. The van der Waals surface area contributed by atoms with Crippen molar-refractivity contribution in [2.75, 3.05) is 7.11 Å². The lowest BCUT2D eigenvalue weighted by atomic mass is 10.1. The van der Waals surface area contributed by atoms with Gasteiger partial charge in [0.15, 0.2) is 0 Å². The minimum absolute atomic E-state index is 0.147. The summed E-state index contributed by atoms with van der Waals surface area (Å²) >= 11 is 0. The highest BCUT2D eigenvalue weighted by atomic mass is 16.6. The Morgan fingerprint density at radius 2 is 1.85 bits per heavy atom. The van der Waals surface area contributed by atoms with E-state index in [9.17, 15) is 9.59 Å². The molecule has 0 aromatic heterocycles. The Bertz CT molecular complexity index is 619. The molecule has 27 heavy (non-hydrogen) atoms. The van der Waals surface area contributed by atoms with Crippen molar-refractivity contribution in [1.29, 1.82) is 0 Å². The van der Waals surface area contributed by atoms with Gasteiger partial charge in [-0.3, -0.25) is 0 Å². The molecule has 0 aliphatic rings. The van der Waals surface area contributed by atoms with E-state index in [4.69, 9.17) is 14.2 Å². The lowest BCUT2D eigenvalue weighted by molar-refractivity contribution is -0.147. The molecule has 6 heteroatoms. The third-order valence-corrected chi connectivity index (χ3v) is 3.57. The quantitative estimate of drug-likeness (QED) is 0.512. The number of alkyl carbamates (subject to hydrolysis) is 1. The fourth-order valence-electron chi connectivity index (χ4n) is 2.33. The molecule has 0 radical (unpaired) electrons. The number of nitrogens with one attached hydrogen (secondary N) is 1. The number of ether oxygens (including phenoxy) is 3. The first kappa shape index (κ1) is 22.5. The maximum atomic E-state index is 12.5. The van der Waals surface area contributed by atoms with E-state index < -0.39 is 23.7 Å². The predicted molar refractivity (Wildman–Crippen MR) is 104 cm³/mol. The van der Waals surface area contributed by atoms with E-state index in [1.54, 1.807) is 27.9 Å². The SMILES string of the molecule is CC/C=C(/CC[C@H](NC(=O)OC(C)(C)C)C(=O)OCc1ccccc1)OC. The monoisotopic (exact) mass is 377 g/mol. The molecule has 0 bridgehead atoms. The Hall–Kier alpha value is -2.50. The third-order valence-electron chi connectivity index (χ3n) is 3.57. The summed E-state index contributed by atoms with van der Waals surface area (Å²) in [5, 5.41) is 2.61. The molecule has 0 saturated heterocycles. The van der Waals surface area contributed by atoms with Gasteiger partial charge >= 0.3 is 12.1 Å². The average molecular weight is 377 g/mol. The molecule has 0 spiro atoms. The summed E-state index contributed by atoms with van der Waals surface area (Å²) in [5.74, 6) is 0.265. The molecule has 1 N–H and O–H groups in total. The molecular weight excluding hydrogens is 346 g/mol. The van der Waals surface area contributed by atoms with Crippen molar-refractivity contribution in [2.24, 2.45) is 0 Å². The summed E-state index contributed by atoms with van der Waals surface area (Å²) in [5.41, 5.74) is 0.230. The molecule has 0 saturated carbocycles. The Morgan fingerprint density at radius 1 is 1.19 bits per heavy atom. The topological polar surface area (TPSA) is 73.9 Å². The van der Waals surface area contributed by atoms with Gasteiger partial charge in [0, 0.05) is 6.42 Å². The van der Waals surface area contributed by atoms with Crippen LogP contribution in [0, 0.1) is 0 Å². The maximum absolute atomic E-state index is 12.5. The summed E-state index contributed by atoms with van der Waals surface area (Å²) in [6.07, 6.45) is 2.98. The standard InChI is InChI=1S/C21H31NO5/c1-6-10-17(25-5)13-14-18(22-20(24)27-21(2,3)4)19(23)26-15-16-11-8-7-9-12-16/h7-12,18H,6,13-15H2,1-5H3,(H,22,24)/b17-10-/t18-/m0/s1. The number of esters is 1. The summed E-state index contributed by atoms with van der Waals surface area (Å²) < 4.78 is 15.9. The second-order valence-electron chi connectivity index (χ2n) is 7.11. The molecule has 1 amide bonds. The number of carbonyl (C=O) groups excluding carboxylic acids is 2. The van der Waals surface area contributed by atoms with Crippen molar-refractivity contribution in [3.63, 3.8) is 0 Å². The molecule has 1 atom stereocenters. The zero-order valence-electron chi connectivity index (χ0n) is 16.9. The average Bonchev–Trinajstić information content (AvgIpc) is 2.61. The van der Waals surface area contributed by atoms with Crippen LogP contribution >= 0.6 is 0 Å². The van der Waals surface area contributed by atoms with Crippen molar-refractivity contribution >= 4 is 12.1 Å². The molecular formula is C21H31NO5. The lowest BCUT2D eigenvalue weighted by Crippen LogP contribution is -2.44. The molecule has 150 valence electrons. The van der Waals surface area contributed by atoms with Crippen LogP contribution in [0.4, 0.5) is 4.79 Å². The predicted octanol–water partition coefficient (Wildman–Crippen LogP) is 4.34. The highest BCUT2D eigenvalue weighted by Crippen LogP contribution is 2.13. The first-order valence-corrected chi connectivity index (χ1v) is 9.18. The van der Waals surface area contributed by atoms with Crippen LogP contribution in [0.2, 0.25) is 0 Å². The van der Waals surface area contributed by atoms with Gasteiger partial charge in [-0.1, -0.05) is 37.3 Å². The van der Waals surface area contributed by atoms with Crippen LogP contribution in [0.25, 0.3) is 0 Å². The number of methoxy groups -OCH3 is 1. The number of benzene rings is 1. The third kappa shape index (κ3) is 9.68. The van der Waals surface area contributed by atoms with Gasteiger partial charge < -0.3 is 19.5 Å². The minimum atomic E-state index is -0.820. The van der Waals surface area contributed by atoms with Crippen LogP contribution in [-0.2, 0) is 25.6 Å². The summed E-state index contributed by atoms with van der Waals surface area (Å²) in [6, 6.07) is 8.57. The van der Waals surface area contributed by atoms with Crippen LogP contribution < -0.4 is 5.32 Å². The highest BCUT2D eigenvalue weighted by molar-refractivity contribution is 5.81. The Balaban J connectivity index is 2.73. The Labute approximate surface area is 161 Å². The van der Waals surface area contributed by atoms with Crippen LogP contribution in [0.1, 0.15) is 52.5 Å². The molecule has 1 rings (SSSR count). The van der Waals surface area contributed by atoms with Crippen molar-refractivity contribution < 1.29 is 23.8 Å². The van der Waals surface area contributed by atoms with E-state index in [1.165, 1.54) is 0 Å². The second-order valence-corrected chi connectivity index (χ2v) is 7.11. The molecule has 0 aliphatic heterocycles. The van der Waals surface area contributed by atoms with Crippen LogP contribution in [-0.4, -0.2) is 30.8 Å². The van der Waals surface area contributed by atoms with Crippen LogP contribution in [0.5, 0.6) is 0 Å². The first-order valence-electron chi connectivity index (χ1n) is 9.18. The minimum Gasteiger partial charge on any atom is -0.501 e. The Kier molecular flexibility index (Phi) is 9.40. The maximum Gasteiger partial charge on any atom is 0.408 e. The zero-order chi connectivity index (χ0) is 20.3. The van der Waals surface area contributed by atoms with Gasteiger partial charge in [-0.15, -0.1) is 0 Å². The van der Waals surface area contributed by atoms with Crippen molar-refractivity contribution in [2.45, 2.75) is 65.2 Å². The van der Waals surface area contributed by atoms with Gasteiger partial charge in [0.2, 0.25) is 0 Å². The van der Waals surface area contributed by atoms with Crippen LogP contribution in [0.3, 0.4) is 0 Å². The lowest BCUT2D eigenvalue weighted by Gasteiger charge is -2.23. The van der Waals surface area contributed by atoms with Gasteiger partial charge in [-0.25, -0.2) is 9.59 Å². The summed E-state index contributed by atoms with van der Waals surface area (Å²) in [4.78, 5) is 24.6. The van der Waals surface area contributed by atoms with E-state index in [1.807, 2.05) is 43.3 Å². The molecule has 0 heterocycles. The van der Waals surface area contributed by atoms with Crippen LogP contribution in [0.15, 0.2) is 42.2 Å². The fraction of sp³-hybridized carbons (Fsp3) is 0.524. The van der Waals surface area contributed by atoms with Gasteiger partial charge in [-0.05, 0) is 45.3 Å².